The molecule has 0 atom stereocenters. The minimum atomic E-state index is -0.480. The normalized spacial score (nSPS) is 16.8. The molecule has 2 heterocycles. The highest BCUT2D eigenvalue weighted by molar-refractivity contribution is 9.10. The molecular weight excluding hydrogens is 424 g/mol. The summed E-state index contributed by atoms with van der Waals surface area (Å²) in [6.07, 6.45) is 2.34. The van der Waals surface area contributed by atoms with Crippen LogP contribution in [0.4, 0.5) is 10.5 Å². The predicted octanol–water partition coefficient (Wildman–Crippen LogP) is 4.02. The summed E-state index contributed by atoms with van der Waals surface area (Å²) in [5, 5.41) is 0. The van der Waals surface area contributed by atoms with E-state index in [2.05, 4.69) is 26.9 Å². The standard InChI is InChI=1S/C21H31BrN2O4/c1-21(2,3)28-20(25)24-9-6-15-14-17-19(18(22)16(15)7-10-24)23(11-13-27-17)8-5-12-26-4/h14H,5-13H2,1-4H3. The highest BCUT2D eigenvalue weighted by atomic mass is 79.9. The Hall–Kier alpha value is -1.47. The van der Waals surface area contributed by atoms with Crippen molar-refractivity contribution in [2.45, 2.75) is 45.6 Å². The highest BCUT2D eigenvalue weighted by Gasteiger charge is 2.29. The van der Waals surface area contributed by atoms with Gasteiger partial charge < -0.3 is 24.0 Å². The van der Waals surface area contributed by atoms with E-state index < -0.39 is 5.60 Å². The van der Waals surface area contributed by atoms with Crippen LogP contribution < -0.4 is 9.64 Å². The van der Waals surface area contributed by atoms with Gasteiger partial charge in [-0.15, -0.1) is 0 Å². The maximum atomic E-state index is 12.5. The Morgan fingerprint density at radius 1 is 1.25 bits per heavy atom. The number of fused-ring (bicyclic) bond motifs is 2. The minimum Gasteiger partial charge on any atom is -0.490 e. The van der Waals surface area contributed by atoms with Crippen LogP contribution in [0.3, 0.4) is 0 Å². The van der Waals surface area contributed by atoms with Gasteiger partial charge in [-0.1, -0.05) is 0 Å². The molecule has 7 heteroatoms. The number of ether oxygens (including phenoxy) is 3. The number of nitrogens with zero attached hydrogens (tertiary/aromatic N) is 2. The zero-order valence-corrected chi connectivity index (χ0v) is 18.9. The number of anilines is 1. The topological polar surface area (TPSA) is 51.2 Å². The number of halogens is 1. The molecule has 3 rings (SSSR count). The summed E-state index contributed by atoms with van der Waals surface area (Å²) >= 11 is 3.86. The Kier molecular flexibility index (Phi) is 6.76. The average Bonchev–Trinajstić information content (AvgIpc) is 2.83. The van der Waals surface area contributed by atoms with Crippen molar-refractivity contribution in [3.63, 3.8) is 0 Å². The van der Waals surface area contributed by atoms with Crippen LogP contribution in [-0.4, -0.2) is 63.1 Å². The van der Waals surface area contributed by atoms with Gasteiger partial charge in [0, 0.05) is 37.8 Å². The Balaban J connectivity index is 1.80. The predicted molar refractivity (Wildman–Crippen MR) is 114 cm³/mol. The van der Waals surface area contributed by atoms with Crippen LogP contribution in [0.1, 0.15) is 38.3 Å². The van der Waals surface area contributed by atoms with Crippen molar-refractivity contribution < 1.29 is 19.0 Å². The molecule has 2 aliphatic rings. The molecule has 156 valence electrons. The molecule has 28 heavy (non-hydrogen) atoms. The molecule has 0 fully saturated rings. The summed E-state index contributed by atoms with van der Waals surface area (Å²) in [6.45, 7) is 10.3. The van der Waals surface area contributed by atoms with Gasteiger partial charge in [0.15, 0.2) is 0 Å². The summed E-state index contributed by atoms with van der Waals surface area (Å²) in [4.78, 5) is 16.7. The second kappa shape index (κ2) is 8.91. The van der Waals surface area contributed by atoms with Crippen LogP contribution in [0.2, 0.25) is 0 Å². The van der Waals surface area contributed by atoms with Crippen molar-refractivity contribution in [3.05, 3.63) is 21.7 Å². The van der Waals surface area contributed by atoms with E-state index >= 15 is 0 Å². The van der Waals surface area contributed by atoms with Crippen molar-refractivity contribution in [1.82, 2.24) is 4.90 Å². The van der Waals surface area contributed by atoms with E-state index in [1.54, 1.807) is 7.11 Å². The van der Waals surface area contributed by atoms with Gasteiger partial charge in [0.05, 0.1) is 12.2 Å². The first-order valence-corrected chi connectivity index (χ1v) is 10.8. The van der Waals surface area contributed by atoms with E-state index in [9.17, 15) is 4.79 Å². The number of methoxy groups -OCH3 is 1. The molecule has 1 aromatic carbocycles. The fourth-order valence-corrected chi connectivity index (χ4v) is 4.63. The van der Waals surface area contributed by atoms with E-state index in [1.807, 2.05) is 25.7 Å². The third-order valence-corrected chi connectivity index (χ3v) is 5.90. The first kappa shape index (κ1) is 21.2. The summed E-state index contributed by atoms with van der Waals surface area (Å²) in [6, 6.07) is 2.16. The third kappa shape index (κ3) is 4.92. The lowest BCUT2D eigenvalue weighted by Crippen LogP contribution is -2.38. The van der Waals surface area contributed by atoms with Gasteiger partial charge in [0.2, 0.25) is 0 Å². The molecule has 0 aromatic heterocycles. The molecule has 0 radical (unpaired) electrons. The van der Waals surface area contributed by atoms with Gasteiger partial charge in [-0.05, 0) is 73.2 Å². The Morgan fingerprint density at radius 3 is 2.71 bits per heavy atom. The van der Waals surface area contributed by atoms with Gasteiger partial charge in [-0.2, -0.15) is 0 Å². The Morgan fingerprint density at radius 2 is 2.00 bits per heavy atom. The average molecular weight is 455 g/mol. The zero-order valence-electron chi connectivity index (χ0n) is 17.3. The van der Waals surface area contributed by atoms with E-state index in [0.717, 1.165) is 54.9 Å². The maximum absolute atomic E-state index is 12.5. The number of carbonyl (C=O) groups excluding carboxylic acids is 1. The van der Waals surface area contributed by atoms with E-state index in [0.29, 0.717) is 19.7 Å². The molecule has 1 aromatic rings. The van der Waals surface area contributed by atoms with Crippen LogP contribution in [0.5, 0.6) is 5.75 Å². The molecule has 0 saturated carbocycles. The van der Waals surface area contributed by atoms with Crippen LogP contribution in [0, 0.1) is 0 Å². The van der Waals surface area contributed by atoms with Crippen molar-refractivity contribution in [1.29, 1.82) is 0 Å². The molecule has 2 aliphatic heterocycles. The Labute approximate surface area is 176 Å². The van der Waals surface area contributed by atoms with Gasteiger partial charge in [0.1, 0.15) is 18.0 Å². The second-order valence-corrected chi connectivity index (χ2v) is 9.12. The maximum Gasteiger partial charge on any atom is 0.410 e. The SMILES string of the molecule is COCCCN1CCOc2cc3c(c(Br)c21)CCN(C(=O)OC(C)(C)C)CC3. The van der Waals surface area contributed by atoms with Crippen LogP contribution in [0.25, 0.3) is 0 Å². The molecular formula is C21H31BrN2O4. The van der Waals surface area contributed by atoms with Gasteiger partial charge in [-0.25, -0.2) is 4.79 Å². The number of benzene rings is 1. The number of hydrogen-bond donors (Lipinski definition) is 0. The van der Waals surface area contributed by atoms with Crippen LogP contribution in [0.15, 0.2) is 10.5 Å². The lowest BCUT2D eigenvalue weighted by molar-refractivity contribution is 0.0258. The third-order valence-electron chi connectivity index (χ3n) is 5.05. The molecule has 0 bridgehead atoms. The Bertz CT molecular complexity index is 717. The van der Waals surface area contributed by atoms with Crippen molar-refractivity contribution in [2.24, 2.45) is 0 Å². The monoisotopic (exact) mass is 454 g/mol. The van der Waals surface area contributed by atoms with Gasteiger partial charge in [-0.3, -0.25) is 0 Å². The summed E-state index contributed by atoms with van der Waals surface area (Å²) < 4.78 is 17.9. The number of carbonyl (C=O) groups is 1. The fraction of sp³-hybridized carbons (Fsp3) is 0.667. The first-order chi connectivity index (χ1) is 13.3. The quantitative estimate of drug-likeness (QED) is 0.642. The molecule has 0 saturated heterocycles. The molecule has 6 nitrogen and oxygen atoms in total. The number of hydrogen-bond acceptors (Lipinski definition) is 5. The summed E-state index contributed by atoms with van der Waals surface area (Å²) in [5.74, 6) is 0.931. The fourth-order valence-electron chi connectivity index (χ4n) is 3.73. The first-order valence-electron chi connectivity index (χ1n) is 9.99. The van der Waals surface area contributed by atoms with Gasteiger partial charge in [0.25, 0.3) is 0 Å². The lowest BCUT2D eigenvalue weighted by Gasteiger charge is -2.33. The van der Waals surface area contributed by atoms with E-state index in [1.165, 1.54) is 11.1 Å². The van der Waals surface area contributed by atoms with Crippen molar-refractivity contribution in [3.8, 4) is 5.75 Å². The minimum absolute atomic E-state index is 0.237. The molecule has 0 N–H and O–H groups in total. The molecule has 0 unspecified atom stereocenters. The smallest absolute Gasteiger partial charge is 0.410 e. The van der Waals surface area contributed by atoms with E-state index in [-0.39, 0.29) is 6.09 Å². The summed E-state index contributed by atoms with van der Waals surface area (Å²) in [5.41, 5.74) is 3.17. The molecule has 0 aliphatic carbocycles. The van der Waals surface area contributed by atoms with Crippen LogP contribution in [-0.2, 0) is 22.3 Å². The molecule has 0 spiro atoms. The second-order valence-electron chi connectivity index (χ2n) is 8.32. The van der Waals surface area contributed by atoms with E-state index in [4.69, 9.17) is 14.2 Å². The summed E-state index contributed by atoms with van der Waals surface area (Å²) in [7, 11) is 1.74. The number of amides is 1. The van der Waals surface area contributed by atoms with Gasteiger partial charge >= 0.3 is 6.09 Å². The number of rotatable bonds is 4. The largest absolute Gasteiger partial charge is 0.490 e. The molecule has 1 amide bonds. The van der Waals surface area contributed by atoms with Crippen molar-refractivity contribution >= 4 is 27.7 Å². The highest BCUT2D eigenvalue weighted by Crippen LogP contribution is 2.43. The van der Waals surface area contributed by atoms with Crippen LogP contribution >= 0.6 is 15.9 Å². The van der Waals surface area contributed by atoms with Crippen molar-refractivity contribution in [2.75, 3.05) is 51.4 Å². The lowest BCUT2D eigenvalue weighted by atomic mass is 10.0. The zero-order chi connectivity index (χ0) is 20.3.